The molecule has 0 N–H and O–H groups in total. The first-order chi connectivity index (χ1) is 15.7. The Kier molecular flexibility index (Phi) is 5.49. The molecule has 5 aromatic rings. The van der Waals surface area contributed by atoms with E-state index in [4.69, 9.17) is 0 Å². The number of aromatic nitrogens is 2. The predicted molar refractivity (Wildman–Crippen MR) is 136 cm³/mol. The van der Waals surface area contributed by atoms with Crippen molar-refractivity contribution in [2.24, 2.45) is 0 Å². The van der Waals surface area contributed by atoms with Gasteiger partial charge in [0, 0.05) is 23.5 Å². The first kappa shape index (κ1) is 20.1. The topological polar surface area (TPSA) is 25.8 Å². The Bertz CT molecular complexity index is 1240. The molecule has 154 valence electrons. The number of pyridine rings is 2. The van der Waals surface area contributed by atoms with Crippen LogP contribution in [0.4, 0.5) is 0 Å². The average molecular weight is 429 g/mol. The van der Waals surface area contributed by atoms with E-state index < -0.39 is 8.07 Å². The van der Waals surface area contributed by atoms with E-state index in [1.807, 2.05) is 24.5 Å². The summed E-state index contributed by atoms with van der Waals surface area (Å²) in [7, 11) is -2.29. The standard InChI is InChI=1S/C29H24N2Si/c1-32(25-15-9-4-10-16-25,26-17-19-30-28(21-26)23-11-5-2-6-12-23)27-18-20-31-29(22-27)24-13-7-3-8-14-24/h2-22H,1H3. The fourth-order valence-electron chi connectivity index (χ4n) is 4.29. The first-order valence-electron chi connectivity index (χ1n) is 10.8. The van der Waals surface area contributed by atoms with Gasteiger partial charge in [0.25, 0.3) is 0 Å². The lowest BCUT2D eigenvalue weighted by atomic mass is 10.1. The summed E-state index contributed by atoms with van der Waals surface area (Å²) in [6.07, 6.45) is 3.90. The Morgan fingerprint density at radius 1 is 0.469 bits per heavy atom. The third-order valence-electron chi connectivity index (χ3n) is 6.16. The minimum Gasteiger partial charge on any atom is -0.256 e. The van der Waals surface area contributed by atoms with Gasteiger partial charge in [-0.3, -0.25) is 9.97 Å². The summed E-state index contributed by atoms with van der Waals surface area (Å²) >= 11 is 0. The Hall–Kier alpha value is -3.82. The van der Waals surface area contributed by atoms with Crippen molar-refractivity contribution in [2.45, 2.75) is 6.55 Å². The molecular formula is C29H24N2Si. The highest BCUT2D eigenvalue weighted by Gasteiger charge is 2.34. The van der Waals surface area contributed by atoms with Gasteiger partial charge in [0.05, 0.1) is 11.4 Å². The van der Waals surface area contributed by atoms with Gasteiger partial charge in [-0.2, -0.15) is 0 Å². The lowest BCUT2D eigenvalue weighted by Crippen LogP contribution is -2.64. The molecule has 3 aromatic carbocycles. The van der Waals surface area contributed by atoms with Crippen LogP contribution in [0.5, 0.6) is 0 Å². The largest absolute Gasteiger partial charge is 0.256 e. The Morgan fingerprint density at radius 3 is 1.31 bits per heavy atom. The Balaban J connectivity index is 1.70. The van der Waals surface area contributed by atoms with Crippen LogP contribution in [0, 0.1) is 0 Å². The molecule has 0 saturated carbocycles. The van der Waals surface area contributed by atoms with Gasteiger partial charge in [-0.25, -0.2) is 0 Å². The quantitative estimate of drug-likeness (QED) is 0.372. The van der Waals surface area contributed by atoms with Crippen LogP contribution in [-0.2, 0) is 0 Å². The summed E-state index contributed by atoms with van der Waals surface area (Å²) in [5, 5.41) is 4.04. The molecule has 0 saturated heterocycles. The van der Waals surface area contributed by atoms with E-state index in [0.717, 1.165) is 22.5 Å². The molecule has 0 spiro atoms. The second kappa shape index (κ2) is 8.73. The molecule has 0 bridgehead atoms. The van der Waals surface area contributed by atoms with Crippen molar-refractivity contribution >= 4 is 23.6 Å². The molecule has 2 heterocycles. The fourth-order valence-corrected chi connectivity index (χ4v) is 7.81. The number of benzene rings is 3. The van der Waals surface area contributed by atoms with Crippen LogP contribution < -0.4 is 15.6 Å². The molecule has 0 radical (unpaired) electrons. The molecule has 2 aromatic heterocycles. The lowest BCUT2D eigenvalue weighted by molar-refractivity contribution is 1.33. The molecule has 0 amide bonds. The van der Waals surface area contributed by atoms with Gasteiger partial charge >= 0.3 is 0 Å². The van der Waals surface area contributed by atoms with Gasteiger partial charge in [-0.05, 0) is 39.8 Å². The minimum absolute atomic E-state index is 1.01. The first-order valence-corrected chi connectivity index (χ1v) is 13.3. The zero-order valence-electron chi connectivity index (χ0n) is 18.0. The van der Waals surface area contributed by atoms with Crippen molar-refractivity contribution in [3.05, 3.63) is 128 Å². The number of nitrogens with zero attached hydrogens (tertiary/aromatic N) is 2. The lowest BCUT2D eigenvalue weighted by Gasteiger charge is -2.30. The second-order valence-corrected chi connectivity index (χ2v) is 12.1. The van der Waals surface area contributed by atoms with Crippen LogP contribution in [0.25, 0.3) is 22.5 Å². The van der Waals surface area contributed by atoms with Crippen LogP contribution in [0.15, 0.2) is 128 Å². The van der Waals surface area contributed by atoms with E-state index >= 15 is 0 Å². The number of rotatable bonds is 5. The van der Waals surface area contributed by atoms with E-state index in [-0.39, 0.29) is 0 Å². The molecular weight excluding hydrogens is 404 g/mol. The fraction of sp³-hybridized carbons (Fsp3) is 0.0345. The molecule has 0 aliphatic rings. The number of hydrogen-bond acceptors (Lipinski definition) is 2. The van der Waals surface area contributed by atoms with Crippen molar-refractivity contribution in [1.29, 1.82) is 0 Å². The maximum Gasteiger partial charge on any atom is 0.145 e. The molecule has 0 aliphatic carbocycles. The van der Waals surface area contributed by atoms with Crippen LogP contribution in [0.1, 0.15) is 0 Å². The van der Waals surface area contributed by atoms with E-state index in [1.54, 1.807) is 0 Å². The highest BCUT2D eigenvalue weighted by Crippen LogP contribution is 2.19. The summed E-state index contributed by atoms with van der Waals surface area (Å²) in [5.41, 5.74) is 4.29. The van der Waals surface area contributed by atoms with E-state index in [9.17, 15) is 0 Å². The van der Waals surface area contributed by atoms with E-state index in [1.165, 1.54) is 15.6 Å². The molecule has 0 aliphatic heterocycles. The molecule has 5 rings (SSSR count). The Morgan fingerprint density at radius 2 is 0.875 bits per heavy atom. The highest BCUT2D eigenvalue weighted by molar-refractivity contribution is 7.10. The van der Waals surface area contributed by atoms with Crippen molar-refractivity contribution < 1.29 is 0 Å². The normalized spacial score (nSPS) is 11.3. The third-order valence-corrected chi connectivity index (χ3v) is 10.6. The minimum atomic E-state index is -2.29. The van der Waals surface area contributed by atoms with E-state index in [0.29, 0.717) is 0 Å². The van der Waals surface area contributed by atoms with Gasteiger partial charge < -0.3 is 0 Å². The number of hydrogen-bond donors (Lipinski definition) is 0. The van der Waals surface area contributed by atoms with Crippen molar-refractivity contribution in [3.63, 3.8) is 0 Å². The molecule has 3 heteroatoms. The van der Waals surface area contributed by atoms with Gasteiger partial charge in [0.1, 0.15) is 8.07 Å². The monoisotopic (exact) mass is 428 g/mol. The van der Waals surface area contributed by atoms with Crippen LogP contribution in [-0.4, -0.2) is 18.0 Å². The smallest absolute Gasteiger partial charge is 0.145 e. The van der Waals surface area contributed by atoms with E-state index in [2.05, 4.69) is 120 Å². The van der Waals surface area contributed by atoms with Gasteiger partial charge in [-0.1, -0.05) is 97.5 Å². The van der Waals surface area contributed by atoms with Gasteiger partial charge in [-0.15, -0.1) is 0 Å². The zero-order chi connectivity index (χ0) is 21.8. The summed E-state index contributed by atoms with van der Waals surface area (Å²) in [5.74, 6) is 0. The molecule has 0 unspecified atom stereocenters. The summed E-state index contributed by atoms with van der Waals surface area (Å²) in [4.78, 5) is 9.37. The highest BCUT2D eigenvalue weighted by atomic mass is 28.3. The third kappa shape index (κ3) is 3.79. The van der Waals surface area contributed by atoms with Crippen LogP contribution in [0.3, 0.4) is 0 Å². The SMILES string of the molecule is C[Si](c1ccccc1)(c1ccnc(-c2ccccc2)c1)c1ccnc(-c2ccccc2)c1. The average Bonchev–Trinajstić information content (AvgIpc) is 2.90. The van der Waals surface area contributed by atoms with Crippen molar-refractivity contribution in [3.8, 4) is 22.5 Å². The molecule has 0 fully saturated rings. The zero-order valence-corrected chi connectivity index (χ0v) is 19.0. The maximum atomic E-state index is 4.69. The maximum absolute atomic E-state index is 4.69. The van der Waals surface area contributed by atoms with Gasteiger partial charge in [0.2, 0.25) is 0 Å². The predicted octanol–water partition coefficient (Wildman–Crippen LogP) is 4.91. The van der Waals surface area contributed by atoms with Crippen LogP contribution in [0.2, 0.25) is 6.55 Å². The molecule has 0 atom stereocenters. The van der Waals surface area contributed by atoms with Gasteiger partial charge in [0.15, 0.2) is 0 Å². The van der Waals surface area contributed by atoms with Crippen LogP contribution >= 0.6 is 0 Å². The Labute approximate surface area is 190 Å². The second-order valence-electron chi connectivity index (χ2n) is 8.08. The summed E-state index contributed by atoms with van der Waals surface area (Å²) in [6, 6.07) is 40.6. The summed E-state index contributed by atoms with van der Waals surface area (Å²) in [6.45, 7) is 2.43. The molecule has 2 nitrogen and oxygen atoms in total. The molecule has 32 heavy (non-hydrogen) atoms. The van der Waals surface area contributed by atoms with Crippen molar-refractivity contribution in [2.75, 3.05) is 0 Å². The van der Waals surface area contributed by atoms with Crippen molar-refractivity contribution in [1.82, 2.24) is 9.97 Å². The summed E-state index contributed by atoms with van der Waals surface area (Å²) < 4.78 is 0.